The van der Waals surface area contributed by atoms with Crippen LogP contribution in [0, 0.1) is 0 Å². The highest BCUT2D eigenvalue weighted by Crippen LogP contribution is 2.26. The van der Waals surface area contributed by atoms with Crippen LogP contribution in [-0.2, 0) is 16.0 Å². The van der Waals surface area contributed by atoms with E-state index in [0.717, 1.165) is 16.3 Å². The van der Waals surface area contributed by atoms with Gasteiger partial charge in [-0.1, -0.05) is 30.3 Å². The van der Waals surface area contributed by atoms with E-state index in [9.17, 15) is 5.11 Å². The van der Waals surface area contributed by atoms with Gasteiger partial charge in [0, 0.05) is 32.9 Å². The summed E-state index contributed by atoms with van der Waals surface area (Å²) in [6, 6.07) is 11.7. The van der Waals surface area contributed by atoms with Gasteiger partial charge in [0.2, 0.25) is 0 Å². The van der Waals surface area contributed by atoms with Gasteiger partial charge in [-0.15, -0.1) is 0 Å². The minimum absolute atomic E-state index is 0.0112. The Morgan fingerprint density at radius 2 is 1.95 bits per heavy atom. The maximum atomic E-state index is 10.0. The maximum Gasteiger partial charge on any atom is 0.120 e. The molecule has 2 rings (SSSR count). The van der Waals surface area contributed by atoms with Gasteiger partial charge in [0.25, 0.3) is 0 Å². The van der Waals surface area contributed by atoms with Gasteiger partial charge in [0.15, 0.2) is 0 Å². The van der Waals surface area contributed by atoms with Crippen molar-refractivity contribution in [1.29, 1.82) is 0 Å². The molecule has 20 heavy (non-hydrogen) atoms. The van der Waals surface area contributed by atoms with Crippen molar-refractivity contribution in [2.75, 3.05) is 27.4 Å². The Morgan fingerprint density at radius 1 is 1.15 bits per heavy atom. The van der Waals surface area contributed by atoms with Crippen LogP contribution >= 0.6 is 0 Å². The number of fused-ring (bicyclic) bond motifs is 1. The second-order valence-electron chi connectivity index (χ2n) is 4.73. The molecule has 0 radical (unpaired) electrons. The van der Waals surface area contributed by atoms with Crippen LogP contribution in [0.3, 0.4) is 0 Å². The smallest absolute Gasteiger partial charge is 0.120 e. The zero-order valence-electron chi connectivity index (χ0n) is 11.9. The lowest BCUT2D eigenvalue weighted by Gasteiger charge is -2.16. The van der Waals surface area contributed by atoms with Gasteiger partial charge in [-0.25, -0.2) is 0 Å². The number of hydrogen-bond donors (Lipinski definition) is 2. The Kier molecular flexibility index (Phi) is 5.35. The van der Waals surface area contributed by atoms with Crippen molar-refractivity contribution < 1.29 is 14.6 Å². The Labute approximate surface area is 119 Å². The van der Waals surface area contributed by atoms with Gasteiger partial charge >= 0.3 is 0 Å². The molecule has 2 aromatic carbocycles. The van der Waals surface area contributed by atoms with Gasteiger partial charge in [-0.05, 0) is 16.8 Å². The number of rotatable bonds is 7. The van der Waals surface area contributed by atoms with E-state index < -0.39 is 0 Å². The van der Waals surface area contributed by atoms with Crippen LogP contribution in [0.2, 0.25) is 0 Å². The van der Waals surface area contributed by atoms with Crippen LogP contribution in [0.25, 0.3) is 10.8 Å². The summed E-state index contributed by atoms with van der Waals surface area (Å²) in [6.45, 7) is 1.81. The average Bonchev–Trinajstić information content (AvgIpc) is 2.48. The summed E-state index contributed by atoms with van der Waals surface area (Å²) in [5.74, 6) is 0.317. The highest BCUT2D eigenvalue weighted by molar-refractivity contribution is 5.87. The summed E-state index contributed by atoms with van der Waals surface area (Å²) in [7, 11) is 3.32. The van der Waals surface area contributed by atoms with E-state index >= 15 is 0 Å². The molecule has 2 aromatic rings. The van der Waals surface area contributed by atoms with Gasteiger partial charge in [-0.2, -0.15) is 0 Å². The number of phenols is 1. The summed E-state index contributed by atoms with van der Waals surface area (Å²) in [6.07, 6.45) is 0.0112. The quantitative estimate of drug-likeness (QED) is 0.814. The SMILES string of the molecule is COCC(CNCc1c(O)ccc2ccccc12)OC. The second kappa shape index (κ2) is 7.24. The van der Waals surface area contributed by atoms with Crippen molar-refractivity contribution in [3.63, 3.8) is 0 Å². The van der Waals surface area contributed by atoms with Crippen LogP contribution in [0.1, 0.15) is 5.56 Å². The number of ether oxygens (including phenoxy) is 2. The first-order valence-corrected chi connectivity index (χ1v) is 6.68. The number of nitrogens with one attached hydrogen (secondary N) is 1. The van der Waals surface area contributed by atoms with Crippen LogP contribution < -0.4 is 5.32 Å². The van der Waals surface area contributed by atoms with Crippen molar-refractivity contribution in [3.05, 3.63) is 42.0 Å². The molecule has 0 saturated carbocycles. The summed E-state index contributed by atoms with van der Waals surface area (Å²) in [5.41, 5.74) is 0.912. The third-order valence-corrected chi connectivity index (χ3v) is 3.38. The number of methoxy groups -OCH3 is 2. The molecular weight excluding hydrogens is 254 g/mol. The van der Waals surface area contributed by atoms with Gasteiger partial charge in [0.1, 0.15) is 5.75 Å². The third-order valence-electron chi connectivity index (χ3n) is 3.38. The zero-order chi connectivity index (χ0) is 14.4. The van der Waals surface area contributed by atoms with E-state index in [2.05, 4.69) is 5.32 Å². The third kappa shape index (κ3) is 3.48. The fourth-order valence-corrected chi connectivity index (χ4v) is 2.26. The molecule has 0 spiro atoms. The van der Waals surface area contributed by atoms with Crippen LogP contribution in [0.5, 0.6) is 5.75 Å². The van der Waals surface area contributed by atoms with Crippen molar-refractivity contribution >= 4 is 10.8 Å². The molecule has 0 fully saturated rings. The van der Waals surface area contributed by atoms with E-state index in [4.69, 9.17) is 9.47 Å². The van der Waals surface area contributed by atoms with E-state index in [1.165, 1.54) is 0 Å². The number of phenolic OH excluding ortho intramolecular Hbond substituents is 1. The summed E-state index contributed by atoms with van der Waals surface area (Å²) in [4.78, 5) is 0. The topological polar surface area (TPSA) is 50.7 Å². The van der Waals surface area contributed by atoms with E-state index in [1.54, 1.807) is 20.3 Å². The lowest BCUT2D eigenvalue weighted by atomic mass is 10.0. The molecule has 0 bridgehead atoms. The molecular formula is C16H21NO3. The molecule has 0 saturated heterocycles. The van der Waals surface area contributed by atoms with Crippen molar-refractivity contribution in [3.8, 4) is 5.75 Å². The normalized spacial score (nSPS) is 12.7. The van der Waals surface area contributed by atoms with Gasteiger partial charge in [-0.3, -0.25) is 0 Å². The minimum Gasteiger partial charge on any atom is -0.508 e. The molecule has 0 amide bonds. The molecule has 108 valence electrons. The van der Waals surface area contributed by atoms with Gasteiger partial charge < -0.3 is 19.9 Å². The van der Waals surface area contributed by atoms with Crippen LogP contribution in [0.4, 0.5) is 0 Å². The molecule has 4 nitrogen and oxygen atoms in total. The monoisotopic (exact) mass is 275 g/mol. The molecule has 4 heteroatoms. The molecule has 0 aliphatic rings. The average molecular weight is 275 g/mol. The number of benzene rings is 2. The fourth-order valence-electron chi connectivity index (χ4n) is 2.26. The maximum absolute atomic E-state index is 10.0. The van der Waals surface area contributed by atoms with E-state index in [1.807, 2.05) is 30.3 Å². The number of aromatic hydroxyl groups is 1. The molecule has 0 heterocycles. The second-order valence-corrected chi connectivity index (χ2v) is 4.73. The molecule has 2 N–H and O–H groups in total. The van der Waals surface area contributed by atoms with Crippen molar-refractivity contribution in [2.24, 2.45) is 0 Å². The Morgan fingerprint density at radius 3 is 2.70 bits per heavy atom. The van der Waals surface area contributed by atoms with Crippen LogP contribution in [0.15, 0.2) is 36.4 Å². The molecule has 0 aromatic heterocycles. The molecule has 1 atom stereocenters. The lowest BCUT2D eigenvalue weighted by molar-refractivity contribution is 0.0288. The first kappa shape index (κ1) is 14.8. The molecule has 0 aliphatic carbocycles. The van der Waals surface area contributed by atoms with Gasteiger partial charge in [0.05, 0.1) is 12.7 Å². The summed E-state index contributed by atoms with van der Waals surface area (Å²) in [5, 5.41) is 15.5. The largest absolute Gasteiger partial charge is 0.508 e. The first-order valence-electron chi connectivity index (χ1n) is 6.68. The number of hydrogen-bond acceptors (Lipinski definition) is 4. The Balaban J connectivity index is 2.07. The Bertz CT molecular complexity index is 556. The van der Waals surface area contributed by atoms with Crippen molar-refractivity contribution in [1.82, 2.24) is 5.32 Å². The zero-order valence-corrected chi connectivity index (χ0v) is 11.9. The van der Waals surface area contributed by atoms with E-state index in [-0.39, 0.29) is 6.10 Å². The predicted molar refractivity (Wildman–Crippen MR) is 80.0 cm³/mol. The lowest BCUT2D eigenvalue weighted by Crippen LogP contribution is -2.31. The first-order chi connectivity index (χ1) is 9.76. The fraction of sp³-hybridized carbons (Fsp3) is 0.375. The Hall–Kier alpha value is -1.62. The standard InChI is InChI=1S/C16H21NO3/c1-19-11-13(20-2)9-17-10-15-14-6-4-3-5-12(14)7-8-16(15)18/h3-8,13,17-18H,9-11H2,1-2H3. The highest BCUT2D eigenvalue weighted by atomic mass is 16.5. The highest BCUT2D eigenvalue weighted by Gasteiger charge is 2.09. The molecule has 0 aliphatic heterocycles. The summed E-state index contributed by atoms with van der Waals surface area (Å²) >= 11 is 0. The van der Waals surface area contributed by atoms with Crippen LogP contribution in [-0.4, -0.2) is 38.6 Å². The molecule has 1 unspecified atom stereocenters. The minimum atomic E-state index is 0.0112. The predicted octanol–water partition coefficient (Wildman–Crippen LogP) is 2.30. The summed E-state index contributed by atoms with van der Waals surface area (Å²) < 4.78 is 10.4. The van der Waals surface area contributed by atoms with Crippen molar-refractivity contribution in [2.45, 2.75) is 12.6 Å². The van der Waals surface area contributed by atoms with E-state index in [0.29, 0.717) is 25.4 Å².